The standard InChI is InChI=1S/C18H27N3/c1-14(2)12-19-13-15(3)16(4)18-10-11-20-21(18)17-8-6-5-7-9-17/h5-11,14-16,19H,12-13H2,1-4H3. The first-order valence-electron chi connectivity index (χ1n) is 7.89. The molecule has 0 aliphatic rings. The minimum atomic E-state index is 0.465. The predicted molar refractivity (Wildman–Crippen MR) is 88.9 cm³/mol. The first-order chi connectivity index (χ1) is 10.1. The number of hydrogen-bond donors (Lipinski definition) is 1. The van der Waals surface area contributed by atoms with E-state index in [1.165, 1.54) is 5.69 Å². The Hall–Kier alpha value is -1.61. The molecule has 2 rings (SSSR count). The number of nitrogens with one attached hydrogen (secondary N) is 1. The maximum Gasteiger partial charge on any atom is 0.0648 e. The Bertz CT molecular complexity index is 530. The molecule has 0 bridgehead atoms. The summed E-state index contributed by atoms with van der Waals surface area (Å²) in [6, 6.07) is 12.5. The molecule has 0 saturated carbocycles. The number of para-hydroxylation sites is 1. The van der Waals surface area contributed by atoms with Crippen LogP contribution in [0, 0.1) is 11.8 Å². The Balaban J connectivity index is 2.06. The van der Waals surface area contributed by atoms with Gasteiger partial charge in [-0.25, -0.2) is 4.68 Å². The van der Waals surface area contributed by atoms with Crippen molar-refractivity contribution in [2.45, 2.75) is 33.6 Å². The summed E-state index contributed by atoms with van der Waals surface area (Å²) < 4.78 is 2.06. The summed E-state index contributed by atoms with van der Waals surface area (Å²) in [5, 5.41) is 8.05. The highest BCUT2D eigenvalue weighted by molar-refractivity contribution is 5.33. The smallest absolute Gasteiger partial charge is 0.0648 e. The number of nitrogens with zero attached hydrogens (tertiary/aromatic N) is 2. The van der Waals surface area contributed by atoms with Crippen LogP contribution < -0.4 is 5.32 Å². The number of hydrogen-bond acceptors (Lipinski definition) is 2. The number of rotatable bonds is 7. The third-order valence-electron chi connectivity index (χ3n) is 4.01. The van der Waals surface area contributed by atoms with E-state index in [2.05, 4.69) is 73.1 Å². The molecule has 0 spiro atoms. The van der Waals surface area contributed by atoms with E-state index in [-0.39, 0.29) is 0 Å². The lowest BCUT2D eigenvalue weighted by Crippen LogP contribution is -2.28. The van der Waals surface area contributed by atoms with Crippen molar-refractivity contribution < 1.29 is 0 Å². The molecule has 21 heavy (non-hydrogen) atoms. The molecule has 1 heterocycles. The van der Waals surface area contributed by atoms with Gasteiger partial charge in [0.25, 0.3) is 0 Å². The molecule has 0 radical (unpaired) electrons. The van der Waals surface area contributed by atoms with E-state index in [0.29, 0.717) is 17.8 Å². The van der Waals surface area contributed by atoms with Gasteiger partial charge in [0, 0.05) is 17.8 Å². The van der Waals surface area contributed by atoms with Gasteiger partial charge >= 0.3 is 0 Å². The molecule has 2 atom stereocenters. The van der Waals surface area contributed by atoms with Crippen LogP contribution in [0.15, 0.2) is 42.6 Å². The second kappa shape index (κ2) is 7.41. The van der Waals surface area contributed by atoms with Crippen LogP contribution >= 0.6 is 0 Å². The van der Waals surface area contributed by atoms with Crippen molar-refractivity contribution in [3.63, 3.8) is 0 Å². The molecule has 0 aliphatic carbocycles. The zero-order valence-electron chi connectivity index (χ0n) is 13.6. The average Bonchev–Trinajstić information content (AvgIpc) is 2.96. The van der Waals surface area contributed by atoms with E-state index in [4.69, 9.17) is 0 Å². The first-order valence-corrected chi connectivity index (χ1v) is 7.89. The topological polar surface area (TPSA) is 29.9 Å². The van der Waals surface area contributed by atoms with Crippen LogP contribution in [0.1, 0.15) is 39.3 Å². The lowest BCUT2D eigenvalue weighted by molar-refractivity contribution is 0.418. The van der Waals surface area contributed by atoms with E-state index in [0.717, 1.165) is 18.8 Å². The van der Waals surface area contributed by atoms with E-state index < -0.39 is 0 Å². The van der Waals surface area contributed by atoms with Crippen LogP contribution in [0.4, 0.5) is 0 Å². The molecule has 0 fully saturated rings. The minimum Gasteiger partial charge on any atom is -0.316 e. The van der Waals surface area contributed by atoms with Crippen LogP contribution in [0.25, 0.3) is 5.69 Å². The zero-order chi connectivity index (χ0) is 15.2. The van der Waals surface area contributed by atoms with E-state index in [9.17, 15) is 0 Å². The predicted octanol–water partition coefficient (Wildman–Crippen LogP) is 3.86. The summed E-state index contributed by atoms with van der Waals surface area (Å²) in [6.07, 6.45) is 1.90. The zero-order valence-corrected chi connectivity index (χ0v) is 13.6. The van der Waals surface area contributed by atoms with Crippen molar-refractivity contribution >= 4 is 0 Å². The molecular formula is C18H27N3. The molecule has 1 aromatic carbocycles. The highest BCUT2D eigenvalue weighted by Gasteiger charge is 2.18. The second-order valence-corrected chi connectivity index (χ2v) is 6.32. The Labute approximate surface area is 128 Å². The van der Waals surface area contributed by atoms with Gasteiger partial charge in [0.05, 0.1) is 5.69 Å². The molecule has 0 aliphatic heterocycles. The van der Waals surface area contributed by atoms with Gasteiger partial charge in [-0.05, 0) is 43.1 Å². The molecule has 3 heteroatoms. The fourth-order valence-corrected chi connectivity index (χ4v) is 2.51. The van der Waals surface area contributed by atoms with Gasteiger partial charge < -0.3 is 5.32 Å². The average molecular weight is 285 g/mol. The molecule has 0 amide bonds. The summed E-state index contributed by atoms with van der Waals surface area (Å²) in [5.74, 6) is 1.73. The van der Waals surface area contributed by atoms with Crippen LogP contribution in [0.2, 0.25) is 0 Å². The summed E-state index contributed by atoms with van der Waals surface area (Å²) in [7, 11) is 0. The van der Waals surface area contributed by atoms with Crippen LogP contribution in [-0.2, 0) is 0 Å². The lowest BCUT2D eigenvalue weighted by Gasteiger charge is -2.22. The lowest BCUT2D eigenvalue weighted by atomic mass is 9.92. The van der Waals surface area contributed by atoms with Crippen molar-refractivity contribution in [2.24, 2.45) is 11.8 Å². The highest BCUT2D eigenvalue weighted by Crippen LogP contribution is 2.25. The van der Waals surface area contributed by atoms with Crippen LogP contribution in [0.3, 0.4) is 0 Å². The maximum absolute atomic E-state index is 4.49. The largest absolute Gasteiger partial charge is 0.316 e. The van der Waals surface area contributed by atoms with Crippen molar-refractivity contribution in [3.8, 4) is 5.69 Å². The van der Waals surface area contributed by atoms with Gasteiger partial charge in [-0.15, -0.1) is 0 Å². The van der Waals surface area contributed by atoms with Crippen LogP contribution in [-0.4, -0.2) is 22.9 Å². The van der Waals surface area contributed by atoms with Gasteiger partial charge in [-0.3, -0.25) is 0 Å². The SMILES string of the molecule is CC(C)CNCC(C)C(C)c1ccnn1-c1ccccc1. The van der Waals surface area contributed by atoms with Crippen molar-refractivity contribution in [3.05, 3.63) is 48.3 Å². The summed E-state index contributed by atoms with van der Waals surface area (Å²) in [6.45, 7) is 11.2. The van der Waals surface area contributed by atoms with Gasteiger partial charge in [-0.2, -0.15) is 5.10 Å². The molecule has 1 aromatic heterocycles. The first kappa shape index (κ1) is 15.8. The second-order valence-electron chi connectivity index (χ2n) is 6.32. The van der Waals surface area contributed by atoms with Gasteiger partial charge in [0.15, 0.2) is 0 Å². The monoisotopic (exact) mass is 285 g/mol. The Morgan fingerprint density at radius 3 is 2.38 bits per heavy atom. The number of benzene rings is 1. The molecule has 1 N–H and O–H groups in total. The Morgan fingerprint density at radius 2 is 1.71 bits per heavy atom. The van der Waals surface area contributed by atoms with Crippen molar-refractivity contribution in [1.82, 2.24) is 15.1 Å². The number of aromatic nitrogens is 2. The van der Waals surface area contributed by atoms with Gasteiger partial charge in [0.1, 0.15) is 0 Å². The molecule has 2 unspecified atom stereocenters. The summed E-state index contributed by atoms with van der Waals surface area (Å²) in [4.78, 5) is 0. The quantitative estimate of drug-likeness (QED) is 0.837. The molecule has 0 saturated heterocycles. The Kier molecular flexibility index (Phi) is 5.57. The van der Waals surface area contributed by atoms with Gasteiger partial charge in [0.2, 0.25) is 0 Å². The molecule has 2 aromatic rings. The maximum atomic E-state index is 4.49. The molecule has 114 valence electrons. The van der Waals surface area contributed by atoms with Crippen molar-refractivity contribution in [2.75, 3.05) is 13.1 Å². The van der Waals surface area contributed by atoms with Gasteiger partial charge in [-0.1, -0.05) is 45.9 Å². The fourth-order valence-electron chi connectivity index (χ4n) is 2.51. The third kappa shape index (κ3) is 4.18. The normalized spacial score (nSPS) is 14.3. The molecular weight excluding hydrogens is 258 g/mol. The fraction of sp³-hybridized carbons (Fsp3) is 0.500. The highest BCUT2D eigenvalue weighted by atomic mass is 15.3. The van der Waals surface area contributed by atoms with E-state index in [1.54, 1.807) is 0 Å². The third-order valence-corrected chi connectivity index (χ3v) is 4.01. The van der Waals surface area contributed by atoms with E-state index in [1.807, 2.05) is 12.3 Å². The summed E-state index contributed by atoms with van der Waals surface area (Å²) >= 11 is 0. The van der Waals surface area contributed by atoms with Crippen molar-refractivity contribution in [1.29, 1.82) is 0 Å². The molecule has 3 nitrogen and oxygen atoms in total. The van der Waals surface area contributed by atoms with E-state index >= 15 is 0 Å². The summed E-state index contributed by atoms with van der Waals surface area (Å²) in [5.41, 5.74) is 2.41. The Morgan fingerprint density at radius 1 is 1.00 bits per heavy atom. The van der Waals surface area contributed by atoms with Crippen LogP contribution in [0.5, 0.6) is 0 Å². The minimum absolute atomic E-state index is 0.465.